The van der Waals surface area contributed by atoms with E-state index >= 15 is 0 Å². The molecule has 0 saturated heterocycles. The van der Waals surface area contributed by atoms with Gasteiger partial charge in [0.1, 0.15) is 11.6 Å². The van der Waals surface area contributed by atoms with Gasteiger partial charge in [-0.15, -0.1) is 0 Å². The Kier molecular flexibility index (Phi) is 3.25. The fraction of sp³-hybridized carbons (Fsp3) is 0.333. The molecule has 1 heterocycles. The van der Waals surface area contributed by atoms with E-state index in [0.29, 0.717) is 0 Å². The van der Waals surface area contributed by atoms with Crippen molar-refractivity contribution in [2.24, 2.45) is 0 Å². The van der Waals surface area contributed by atoms with Crippen molar-refractivity contribution in [3.63, 3.8) is 0 Å². The normalized spacial score (nSPS) is 10.7. The smallest absolute Gasteiger partial charge is 0.148 e. The van der Waals surface area contributed by atoms with Gasteiger partial charge in [0.15, 0.2) is 0 Å². The van der Waals surface area contributed by atoms with E-state index in [2.05, 4.69) is 17.0 Å². The van der Waals surface area contributed by atoms with Crippen molar-refractivity contribution >= 4 is 11.6 Å². The molecule has 0 N–H and O–H groups in total. The second-order valence-electron chi connectivity index (χ2n) is 3.71. The van der Waals surface area contributed by atoms with E-state index in [9.17, 15) is 0 Å². The van der Waals surface area contributed by atoms with E-state index in [1.165, 1.54) is 0 Å². The quantitative estimate of drug-likeness (QED) is 0.818. The maximum absolute atomic E-state index is 5.86. The topological polar surface area (TPSA) is 30.7 Å². The summed E-state index contributed by atoms with van der Waals surface area (Å²) in [6, 6.07) is 7.64. The zero-order chi connectivity index (χ0) is 11.5. The summed E-state index contributed by atoms with van der Waals surface area (Å²) in [6.07, 6.45) is 2.00. The highest BCUT2D eigenvalue weighted by Crippen LogP contribution is 2.15. The first-order chi connectivity index (χ1) is 7.70. The molecule has 0 amide bonds. The largest absolute Gasteiger partial charge is 0.218 e. The Labute approximate surface area is 100 Å². The maximum Gasteiger partial charge on any atom is 0.148 e. The lowest BCUT2D eigenvalue weighted by atomic mass is 10.3. The third-order valence-electron chi connectivity index (χ3n) is 2.32. The first-order valence-corrected chi connectivity index (χ1v) is 5.77. The molecule has 1 aromatic heterocycles. The van der Waals surface area contributed by atoms with E-state index in [-0.39, 0.29) is 0 Å². The number of hydrogen-bond acceptors (Lipinski definition) is 2. The summed E-state index contributed by atoms with van der Waals surface area (Å²) in [5.41, 5.74) is 1.01. The lowest BCUT2D eigenvalue weighted by Gasteiger charge is -2.04. The van der Waals surface area contributed by atoms with Gasteiger partial charge in [-0.05, 0) is 37.6 Å². The summed E-state index contributed by atoms with van der Waals surface area (Å²) in [5.74, 6) is 1.81. The summed E-state index contributed by atoms with van der Waals surface area (Å²) in [6.45, 7) is 4.04. The third-order valence-corrected chi connectivity index (χ3v) is 2.58. The standard InChI is InChI=1S/C12H14ClN3/c1-3-4-12-14-9(2)15-16(12)11-7-5-10(13)6-8-11/h5-8H,3-4H2,1-2H3. The van der Waals surface area contributed by atoms with Gasteiger partial charge in [-0.25, -0.2) is 9.67 Å². The average Bonchev–Trinajstić information content (AvgIpc) is 2.61. The average molecular weight is 236 g/mol. The first kappa shape index (κ1) is 11.1. The van der Waals surface area contributed by atoms with Gasteiger partial charge in [-0.2, -0.15) is 5.10 Å². The molecule has 0 aliphatic heterocycles. The number of hydrogen-bond donors (Lipinski definition) is 0. The van der Waals surface area contributed by atoms with Gasteiger partial charge < -0.3 is 0 Å². The van der Waals surface area contributed by atoms with E-state index in [1.54, 1.807) is 0 Å². The second kappa shape index (κ2) is 4.66. The molecular weight excluding hydrogens is 222 g/mol. The van der Waals surface area contributed by atoms with Crippen molar-refractivity contribution in [1.82, 2.24) is 14.8 Å². The van der Waals surface area contributed by atoms with Gasteiger partial charge in [0.25, 0.3) is 0 Å². The van der Waals surface area contributed by atoms with Crippen LogP contribution in [0.5, 0.6) is 0 Å². The Morgan fingerprint density at radius 2 is 1.94 bits per heavy atom. The predicted octanol–water partition coefficient (Wildman–Crippen LogP) is 3.18. The molecular formula is C12H14ClN3. The minimum atomic E-state index is 0.734. The molecule has 3 nitrogen and oxygen atoms in total. The van der Waals surface area contributed by atoms with E-state index in [0.717, 1.165) is 35.2 Å². The van der Waals surface area contributed by atoms with Crippen LogP contribution in [-0.4, -0.2) is 14.8 Å². The zero-order valence-electron chi connectivity index (χ0n) is 9.44. The van der Waals surface area contributed by atoms with Gasteiger partial charge >= 0.3 is 0 Å². The SMILES string of the molecule is CCCc1nc(C)nn1-c1ccc(Cl)cc1. The van der Waals surface area contributed by atoms with Crippen molar-refractivity contribution in [3.8, 4) is 5.69 Å². The highest BCUT2D eigenvalue weighted by Gasteiger charge is 2.07. The highest BCUT2D eigenvalue weighted by atomic mass is 35.5. The second-order valence-corrected chi connectivity index (χ2v) is 4.15. The van der Waals surface area contributed by atoms with Crippen molar-refractivity contribution in [3.05, 3.63) is 40.9 Å². The molecule has 4 heteroatoms. The van der Waals surface area contributed by atoms with Crippen molar-refractivity contribution < 1.29 is 0 Å². The molecule has 0 bridgehead atoms. The number of benzene rings is 1. The molecule has 0 saturated carbocycles. The Morgan fingerprint density at radius 1 is 1.25 bits per heavy atom. The van der Waals surface area contributed by atoms with Crippen LogP contribution in [0.2, 0.25) is 5.02 Å². The monoisotopic (exact) mass is 235 g/mol. The molecule has 1 aromatic carbocycles. The van der Waals surface area contributed by atoms with Crippen molar-refractivity contribution in [2.45, 2.75) is 26.7 Å². The van der Waals surface area contributed by atoms with E-state index in [1.807, 2.05) is 35.9 Å². The third kappa shape index (κ3) is 2.25. The number of aromatic nitrogens is 3. The molecule has 0 radical (unpaired) electrons. The number of aryl methyl sites for hydroxylation is 2. The van der Waals surface area contributed by atoms with Gasteiger partial charge in [-0.1, -0.05) is 18.5 Å². The van der Waals surface area contributed by atoms with Crippen LogP contribution in [0, 0.1) is 6.92 Å². The lowest BCUT2D eigenvalue weighted by molar-refractivity contribution is 0.757. The predicted molar refractivity (Wildman–Crippen MR) is 65.1 cm³/mol. The summed E-state index contributed by atoms with van der Waals surface area (Å²) in [5, 5.41) is 5.13. The molecule has 2 aromatic rings. The first-order valence-electron chi connectivity index (χ1n) is 5.39. The van der Waals surface area contributed by atoms with Gasteiger partial charge in [-0.3, -0.25) is 0 Å². The van der Waals surface area contributed by atoms with Crippen LogP contribution >= 0.6 is 11.6 Å². The zero-order valence-corrected chi connectivity index (χ0v) is 10.2. The van der Waals surface area contributed by atoms with Gasteiger partial charge in [0.2, 0.25) is 0 Å². The van der Waals surface area contributed by atoms with Crippen LogP contribution in [0.4, 0.5) is 0 Å². The lowest BCUT2D eigenvalue weighted by Crippen LogP contribution is -2.02. The summed E-state index contributed by atoms with van der Waals surface area (Å²) < 4.78 is 1.88. The van der Waals surface area contributed by atoms with Crippen LogP contribution in [0.1, 0.15) is 25.0 Å². The molecule has 0 unspecified atom stereocenters. The van der Waals surface area contributed by atoms with Crippen molar-refractivity contribution in [1.29, 1.82) is 0 Å². The number of rotatable bonds is 3. The van der Waals surface area contributed by atoms with Gasteiger partial charge in [0, 0.05) is 11.4 Å². The van der Waals surface area contributed by atoms with Crippen LogP contribution in [0.3, 0.4) is 0 Å². The minimum absolute atomic E-state index is 0.734. The highest BCUT2D eigenvalue weighted by molar-refractivity contribution is 6.30. The molecule has 0 spiro atoms. The molecule has 0 atom stereocenters. The van der Waals surface area contributed by atoms with Crippen LogP contribution in [0.25, 0.3) is 5.69 Å². The minimum Gasteiger partial charge on any atom is -0.218 e. The fourth-order valence-electron chi connectivity index (χ4n) is 1.63. The number of nitrogens with zero attached hydrogens (tertiary/aromatic N) is 3. The molecule has 84 valence electrons. The van der Waals surface area contributed by atoms with Crippen LogP contribution < -0.4 is 0 Å². The number of halogens is 1. The summed E-state index contributed by atoms with van der Waals surface area (Å²) >= 11 is 5.86. The van der Waals surface area contributed by atoms with Crippen molar-refractivity contribution in [2.75, 3.05) is 0 Å². The van der Waals surface area contributed by atoms with E-state index in [4.69, 9.17) is 11.6 Å². The molecule has 0 aliphatic carbocycles. The molecule has 0 aliphatic rings. The van der Waals surface area contributed by atoms with Crippen LogP contribution in [-0.2, 0) is 6.42 Å². The Hall–Kier alpha value is -1.35. The Morgan fingerprint density at radius 3 is 2.56 bits per heavy atom. The maximum atomic E-state index is 5.86. The molecule has 16 heavy (non-hydrogen) atoms. The fourth-order valence-corrected chi connectivity index (χ4v) is 1.76. The van der Waals surface area contributed by atoms with E-state index < -0.39 is 0 Å². The summed E-state index contributed by atoms with van der Waals surface area (Å²) in [4.78, 5) is 4.42. The Balaban J connectivity index is 2.42. The van der Waals surface area contributed by atoms with Crippen LogP contribution in [0.15, 0.2) is 24.3 Å². The summed E-state index contributed by atoms with van der Waals surface area (Å²) in [7, 11) is 0. The Bertz CT molecular complexity index is 474. The van der Waals surface area contributed by atoms with Gasteiger partial charge in [0.05, 0.1) is 5.69 Å². The molecule has 2 rings (SSSR count). The molecule has 0 fully saturated rings.